The first-order valence-electron chi connectivity index (χ1n) is 6.15. The van der Waals surface area contributed by atoms with Gasteiger partial charge in [-0.05, 0) is 12.1 Å². The van der Waals surface area contributed by atoms with E-state index in [1.807, 2.05) is 0 Å². The highest BCUT2D eigenvalue weighted by Crippen LogP contribution is 2.30. The molecule has 1 heterocycles. The first-order chi connectivity index (χ1) is 9.95. The molecule has 0 fully saturated rings. The Hall–Kier alpha value is -2.89. The van der Waals surface area contributed by atoms with Crippen molar-refractivity contribution >= 4 is 11.9 Å². The molecule has 0 unspecified atom stereocenters. The lowest BCUT2D eigenvalue weighted by atomic mass is 10.2. The van der Waals surface area contributed by atoms with E-state index >= 15 is 0 Å². The number of carbonyl (C=O) groups is 2. The van der Waals surface area contributed by atoms with Crippen molar-refractivity contribution in [2.75, 3.05) is 0 Å². The van der Waals surface area contributed by atoms with E-state index in [4.69, 9.17) is 9.47 Å². The number of aromatic nitrogens is 1. The van der Waals surface area contributed by atoms with Crippen LogP contribution in [0.1, 0.15) is 13.8 Å². The average molecular weight is 287 g/mol. The zero-order chi connectivity index (χ0) is 15.4. The molecule has 0 atom stereocenters. The number of hydrogen-bond donors (Lipinski definition) is 0. The van der Waals surface area contributed by atoms with Crippen LogP contribution in [0.4, 0.5) is 0 Å². The number of ether oxygens (including phenoxy) is 2. The summed E-state index contributed by atoms with van der Waals surface area (Å²) in [6.07, 6.45) is 3.17. The molecule has 0 aliphatic heterocycles. The summed E-state index contributed by atoms with van der Waals surface area (Å²) < 4.78 is 11.7. The predicted molar refractivity (Wildman–Crippen MR) is 74.7 cm³/mol. The number of rotatable bonds is 3. The third-order valence-electron chi connectivity index (χ3n) is 2.53. The summed E-state index contributed by atoms with van der Waals surface area (Å²) in [4.78, 5) is 33.3. The van der Waals surface area contributed by atoms with Gasteiger partial charge >= 0.3 is 11.9 Å². The summed E-state index contributed by atoms with van der Waals surface area (Å²) in [6, 6.07) is 7.56. The lowest BCUT2D eigenvalue weighted by molar-refractivity contribution is -0.134. The van der Waals surface area contributed by atoms with Gasteiger partial charge in [0, 0.05) is 50.1 Å². The SMILES string of the molecule is CC(=O)Oc1ccc(-n2ccc(=O)cc2)cc1OC(C)=O. The summed E-state index contributed by atoms with van der Waals surface area (Å²) >= 11 is 0. The largest absolute Gasteiger partial charge is 0.423 e. The topological polar surface area (TPSA) is 74.6 Å². The van der Waals surface area contributed by atoms with Crippen LogP contribution in [-0.2, 0) is 9.59 Å². The van der Waals surface area contributed by atoms with Crippen LogP contribution in [0.15, 0.2) is 47.5 Å². The number of benzene rings is 1. The molecule has 2 aromatic rings. The van der Waals surface area contributed by atoms with Crippen molar-refractivity contribution in [3.63, 3.8) is 0 Å². The van der Waals surface area contributed by atoms with E-state index in [1.54, 1.807) is 29.1 Å². The minimum atomic E-state index is -0.527. The Morgan fingerprint density at radius 3 is 2.05 bits per heavy atom. The van der Waals surface area contributed by atoms with Crippen LogP contribution in [0.2, 0.25) is 0 Å². The average Bonchev–Trinajstić information content (AvgIpc) is 2.40. The number of carbonyl (C=O) groups excluding carboxylic acids is 2. The van der Waals surface area contributed by atoms with Crippen LogP contribution in [0.3, 0.4) is 0 Å². The molecule has 1 aromatic carbocycles. The molecule has 6 nitrogen and oxygen atoms in total. The molecule has 0 spiro atoms. The highest BCUT2D eigenvalue weighted by atomic mass is 16.6. The van der Waals surface area contributed by atoms with E-state index < -0.39 is 11.9 Å². The van der Waals surface area contributed by atoms with Gasteiger partial charge in [0.25, 0.3) is 0 Å². The zero-order valence-electron chi connectivity index (χ0n) is 11.5. The van der Waals surface area contributed by atoms with E-state index in [0.717, 1.165) is 0 Å². The Kier molecular flexibility index (Phi) is 4.18. The van der Waals surface area contributed by atoms with E-state index in [-0.39, 0.29) is 16.9 Å². The van der Waals surface area contributed by atoms with Gasteiger partial charge in [0.15, 0.2) is 16.9 Å². The Balaban J connectivity index is 2.44. The molecule has 0 radical (unpaired) electrons. The summed E-state index contributed by atoms with van der Waals surface area (Å²) in [5, 5.41) is 0. The Labute approximate surface area is 120 Å². The van der Waals surface area contributed by atoms with Gasteiger partial charge in [0.1, 0.15) is 0 Å². The smallest absolute Gasteiger partial charge is 0.308 e. The van der Waals surface area contributed by atoms with E-state index in [1.165, 1.54) is 32.0 Å². The lowest BCUT2D eigenvalue weighted by Gasteiger charge is -2.12. The fourth-order valence-corrected chi connectivity index (χ4v) is 1.72. The van der Waals surface area contributed by atoms with E-state index in [0.29, 0.717) is 5.69 Å². The molecular weight excluding hydrogens is 274 g/mol. The van der Waals surface area contributed by atoms with Gasteiger partial charge in [0.2, 0.25) is 0 Å². The van der Waals surface area contributed by atoms with Crippen molar-refractivity contribution < 1.29 is 19.1 Å². The van der Waals surface area contributed by atoms with Crippen molar-refractivity contribution in [2.45, 2.75) is 13.8 Å². The minimum Gasteiger partial charge on any atom is -0.423 e. The fourth-order valence-electron chi connectivity index (χ4n) is 1.72. The molecular formula is C15H13NO5. The third-order valence-corrected chi connectivity index (χ3v) is 2.53. The summed E-state index contributed by atoms with van der Waals surface area (Å²) in [5.41, 5.74) is 0.546. The van der Waals surface area contributed by atoms with Gasteiger partial charge in [-0.25, -0.2) is 0 Å². The molecule has 0 N–H and O–H groups in total. The van der Waals surface area contributed by atoms with Crippen molar-refractivity contribution in [1.82, 2.24) is 4.57 Å². The molecule has 0 saturated carbocycles. The van der Waals surface area contributed by atoms with Crippen LogP contribution >= 0.6 is 0 Å². The molecule has 1 aromatic heterocycles. The Bertz CT molecular complexity index is 727. The quantitative estimate of drug-likeness (QED) is 0.634. The van der Waals surface area contributed by atoms with Crippen LogP contribution < -0.4 is 14.9 Å². The van der Waals surface area contributed by atoms with E-state index in [2.05, 4.69) is 0 Å². The number of hydrogen-bond acceptors (Lipinski definition) is 5. The fraction of sp³-hybridized carbons (Fsp3) is 0.133. The maximum absolute atomic E-state index is 11.1. The second-order valence-electron chi connectivity index (χ2n) is 4.26. The summed E-state index contributed by atoms with van der Waals surface area (Å²) in [5.74, 6) is -0.753. The highest BCUT2D eigenvalue weighted by molar-refractivity contribution is 5.74. The standard InChI is InChI=1S/C15H13NO5/c1-10(17)20-14-4-3-12(9-15(14)21-11(2)18)16-7-5-13(19)6-8-16/h3-9H,1-2H3. The molecule has 0 amide bonds. The first-order valence-corrected chi connectivity index (χ1v) is 6.15. The predicted octanol–water partition coefficient (Wildman–Crippen LogP) is 1.69. The number of pyridine rings is 1. The molecule has 21 heavy (non-hydrogen) atoms. The van der Waals surface area contributed by atoms with Crippen molar-refractivity contribution in [3.8, 4) is 17.2 Å². The van der Waals surface area contributed by atoms with Crippen molar-refractivity contribution in [2.24, 2.45) is 0 Å². The van der Waals surface area contributed by atoms with Crippen LogP contribution in [0.25, 0.3) is 5.69 Å². The second-order valence-corrected chi connectivity index (χ2v) is 4.26. The van der Waals surface area contributed by atoms with E-state index in [9.17, 15) is 14.4 Å². The van der Waals surface area contributed by atoms with Gasteiger partial charge in [0.05, 0.1) is 0 Å². The molecule has 0 aliphatic carbocycles. The second kappa shape index (κ2) is 6.04. The molecule has 2 rings (SSSR count). The van der Waals surface area contributed by atoms with Gasteiger partial charge in [-0.3, -0.25) is 14.4 Å². The minimum absolute atomic E-state index is 0.108. The summed E-state index contributed by atoms with van der Waals surface area (Å²) in [7, 11) is 0. The normalized spacial score (nSPS) is 10.0. The van der Waals surface area contributed by atoms with Crippen LogP contribution in [-0.4, -0.2) is 16.5 Å². The van der Waals surface area contributed by atoms with Crippen LogP contribution in [0, 0.1) is 0 Å². The number of esters is 2. The third kappa shape index (κ3) is 3.79. The highest BCUT2D eigenvalue weighted by Gasteiger charge is 2.11. The maximum Gasteiger partial charge on any atom is 0.308 e. The van der Waals surface area contributed by atoms with Crippen LogP contribution in [0.5, 0.6) is 11.5 Å². The van der Waals surface area contributed by atoms with Gasteiger partial charge in [-0.2, -0.15) is 0 Å². The maximum atomic E-state index is 11.1. The summed E-state index contributed by atoms with van der Waals surface area (Å²) in [6.45, 7) is 2.51. The first kappa shape index (κ1) is 14.5. The zero-order valence-corrected chi connectivity index (χ0v) is 11.5. The van der Waals surface area contributed by atoms with Crippen molar-refractivity contribution in [3.05, 3.63) is 52.9 Å². The molecule has 0 bridgehead atoms. The molecule has 108 valence electrons. The van der Waals surface area contributed by atoms with Gasteiger partial charge in [-0.1, -0.05) is 0 Å². The van der Waals surface area contributed by atoms with Crippen molar-refractivity contribution in [1.29, 1.82) is 0 Å². The van der Waals surface area contributed by atoms with Gasteiger partial charge in [-0.15, -0.1) is 0 Å². The lowest BCUT2D eigenvalue weighted by Crippen LogP contribution is -2.08. The number of nitrogens with zero attached hydrogens (tertiary/aromatic N) is 1. The molecule has 0 saturated heterocycles. The Morgan fingerprint density at radius 2 is 1.48 bits per heavy atom. The Morgan fingerprint density at radius 1 is 0.905 bits per heavy atom. The molecule has 6 heteroatoms. The van der Waals surface area contributed by atoms with Gasteiger partial charge < -0.3 is 14.0 Å². The monoisotopic (exact) mass is 287 g/mol. The molecule has 0 aliphatic rings.